The number of halogens is 4. The number of anilines is 1. The Hall–Kier alpha value is -2.22. The van der Waals surface area contributed by atoms with E-state index < -0.39 is 18.0 Å². The highest BCUT2D eigenvalue weighted by Gasteiger charge is 2.32. The second kappa shape index (κ2) is 5.20. The Morgan fingerprint density at radius 1 is 1.09 bits per heavy atom. The van der Waals surface area contributed by atoms with Gasteiger partial charge in [0.2, 0.25) is 0 Å². The standard InChI is InChI=1S/C14H7BrF3NO3/c15-7-1-3-9-11(5-7)21-12-6-8(22-14(16,17)18)2-4-10(12)19-13(9)20/h1-6H,(H,19,20). The first kappa shape index (κ1) is 14.7. The summed E-state index contributed by atoms with van der Waals surface area (Å²) >= 11 is 3.24. The molecule has 114 valence electrons. The highest BCUT2D eigenvalue weighted by atomic mass is 79.9. The number of rotatable bonds is 1. The van der Waals surface area contributed by atoms with Crippen LogP contribution >= 0.6 is 15.9 Å². The van der Waals surface area contributed by atoms with Gasteiger partial charge in [-0.1, -0.05) is 15.9 Å². The zero-order chi connectivity index (χ0) is 15.9. The number of nitrogens with one attached hydrogen (secondary N) is 1. The van der Waals surface area contributed by atoms with E-state index in [1.165, 1.54) is 6.07 Å². The van der Waals surface area contributed by atoms with Crippen LogP contribution < -0.4 is 14.8 Å². The second-order valence-corrected chi connectivity index (χ2v) is 5.32. The van der Waals surface area contributed by atoms with E-state index >= 15 is 0 Å². The highest BCUT2D eigenvalue weighted by Crippen LogP contribution is 2.39. The van der Waals surface area contributed by atoms with E-state index in [1.54, 1.807) is 18.2 Å². The SMILES string of the molecule is O=C1Nc2ccc(OC(F)(F)F)cc2Oc2cc(Br)ccc21. The molecule has 1 heterocycles. The van der Waals surface area contributed by atoms with Crippen LogP contribution in [0.3, 0.4) is 0 Å². The second-order valence-electron chi connectivity index (χ2n) is 4.40. The molecule has 0 spiro atoms. The number of fused-ring (bicyclic) bond motifs is 2. The van der Waals surface area contributed by atoms with Gasteiger partial charge in [0, 0.05) is 10.5 Å². The molecule has 1 amide bonds. The van der Waals surface area contributed by atoms with Crippen molar-refractivity contribution in [2.24, 2.45) is 0 Å². The average Bonchev–Trinajstić information content (AvgIpc) is 2.52. The Bertz CT molecular complexity index is 761. The van der Waals surface area contributed by atoms with Crippen molar-refractivity contribution >= 4 is 27.5 Å². The lowest BCUT2D eigenvalue weighted by Crippen LogP contribution is -2.17. The summed E-state index contributed by atoms with van der Waals surface area (Å²) in [7, 11) is 0. The number of alkyl halides is 3. The number of hydrogen-bond donors (Lipinski definition) is 1. The molecule has 1 N–H and O–H groups in total. The molecule has 2 aromatic rings. The smallest absolute Gasteiger partial charge is 0.454 e. The largest absolute Gasteiger partial charge is 0.573 e. The lowest BCUT2D eigenvalue weighted by Gasteiger charge is -2.12. The fourth-order valence-corrected chi connectivity index (χ4v) is 2.30. The fourth-order valence-electron chi connectivity index (χ4n) is 1.96. The lowest BCUT2D eigenvalue weighted by molar-refractivity contribution is -0.274. The summed E-state index contributed by atoms with van der Waals surface area (Å²) < 4.78 is 46.9. The van der Waals surface area contributed by atoms with E-state index in [9.17, 15) is 18.0 Å². The minimum absolute atomic E-state index is 0.0620. The zero-order valence-corrected chi connectivity index (χ0v) is 12.3. The van der Waals surface area contributed by atoms with E-state index in [0.29, 0.717) is 4.47 Å². The molecular formula is C14H7BrF3NO3. The molecule has 3 rings (SSSR count). The number of carbonyl (C=O) groups excluding carboxylic acids is 1. The van der Waals surface area contributed by atoms with Gasteiger partial charge in [0.15, 0.2) is 5.75 Å². The van der Waals surface area contributed by atoms with Gasteiger partial charge in [-0.25, -0.2) is 0 Å². The molecule has 2 aromatic carbocycles. The first-order chi connectivity index (χ1) is 10.3. The van der Waals surface area contributed by atoms with Gasteiger partial charge in [0.05, 0.1) is 11.3 Å². The summed E-state index contributed by atoms with van der Waals surface area (Å²) in [5.41, 5.74) is 0.532. The first-order valence-electron chi connectivity index (χ1n) is 6.00. The maximum Gasteiger partial charge on any atom is 0.573 e. The van der Waals surface area contributed by atoms with E-state index in [2.05, 4.69) is 26.0 Å². The normalized spacial score (nSPS) is 13.4. The molecule has 8 heteroatoms. The number of amides is 1. The summed E-state index contributed by atoms with van der Waals surface area (Å²) in [5, 5.41) is 2.57. The Labute approximate surface area is 131 Å². The maximum absolute atomic E-state index is 12.3. The number of ether oxygens (including phenoxy) is 2. The molecule has 0 unspecified atom stereocenters. The van der Waals surface area contributed by atoms with E-state index in [4.69, 9.17) is 4.74 Å². The van der Waals surface area contributed by atoms with Crippen molar-refractivity contribution in [1.82, 2.24) is 0 Å². The maximum atomic E-state index is 12.3. The van der Waals surface area contributed by atoms with Gasteiger partial charge >= 0.3 is 6.36 Å². The van der Waals surface area contributed by atoms with E-state index in [0.717, 1.165) is 12.1 Å². The number of benzene rings is 2. The van der Waals surface area contributed by atoms with Crippen LogP contribution in [0.5, 0.6) is 17.2 Å². The highest BCUT2D eigenvalue weighted by molar-refractivity contribution is 9.10. The molecule has 1 aliphatic rings. The molecule has 22 heavy (non-hydrogen) atoms. The first-order valence-corrected chi connectivity index (χ1v) is 6.80. The predicted molar refractivity (Wildman–Crippen MR) is 75.3 cm³/mol. The van der Waals surface area contributed by atoms with Crippen LogP contribution in [0.4, 0.5) is 18.9 Å². The summed E-state index contributed by atoms with van der Waals surface area (Å²) in [6.45, 7) is 0. The van der Waals surface area contributed by atoms with Gasteiger partial charge in [-0.2, -0.15) is 0 Å². The molecular weight excluding hydrogens is 367 g/mol. The van der Waals surface area contributed by atoms with Gasteiger partial charge in [0.1, 0.15) is 11.5 Å². The van der Waals surface area contributed by atoms with Crippen LogP contribution in [0.15, 0.2) is 40.9 Å². The summed E-state index contributed by atoms with van der Waals surface area (Å²) in [6.07, 6.45) is -4.80. The van der Waals surface area contributed by atoms with Crippen molar-refractivity contribution in [3.05, 3.63) is 46.4 Å². The van der Waals surface area contributed by atoms with E-state index in [-0.39, 0.29) is 22.7 Å². The van der Waals surface area contributed by atoms with Crippen LogP contribution in [0, 0.1) is 0 Å². The van der Waals surface area contributed by atoms with Gasteiger partial charge in [-0.05, 0) is 30.3 Å². The van der Waals surface area contributed by atoms with Crippen molar-refractivity contribution < 1.29 is 27.4 Å². The zero-order valence-electron chi connectivity index (χ0n) is 10.7. The lowest BCUT2D eigenvalue weighted by atomic mass is 10.2. The van der Waals surface area contributed by atoms with Crippen molar-refractivity contribution in [3.63, 3.8) is 0 Å². The van der Waals surface area contributed by atoms with Gasteiger partial charge in [-0.3, -0.25) is 4.79 Å². The van der Waals surface area contributed by atoms with Crippen molar-refractivity contribution in [3.8, 4) is 17.2 Å². The van der Waals surface area contributed by atoms with Gasteiger partial charge < -0.3 is 14.8 Å². The molecule has 0 saturated carbocycles. The van der Waals surface area contributed by atoms with Crippen LogP contribution in [-0.2, 0) is 0 Å². The fraction of sp³-hybridized carbons (Fsp3) is 0.0714. The van der Waals surface area contributed by atoms with Crippen molar-refractivity contribution in [2.75, 3.05) is 5.32 Å². The van der Waals surface area contributed by atoms with Crippen LogP contribution in [0.25, 0.3) is 0 Å². The van der Waals surface area contributed by atoms with Crippen molar-refractivity contribution in [2.45, 2.75) is 6.36 Å². The van der Waals surface area contributed by atoms with E-state index in [1.807, 2.05) is 0 Å². The Balaban J connectivity index is 2.03. The summed E-state index contributed by atoms with van der Waals surface area (Å²) in [6, 6.07) is 8.22. The molecule has 0 aliphatic carbocycles. The average molecular weight is 374 g/mol. The van der Waals surface area contributed by atoms with Crippen LogP contribution in [0.2, 0.25) is 0 Å². The molecule has 0 bridgehead atoms. The Kier molecular flexibility index (Phi) is 3.48. The molecule has 0 atom stereocenters. The van der Waals surface area contributed by atoms with Crippen LogP contribution in [0.1, 0.15) is 10.4 Å². The van der Waals surface area contributed by atoms with Gasteiger partial charge in [-0.15, -0.1) is 13.2 Å². The summed E-state index contributed by atoms with van der Waals surface area (Å²) in [5.74, 6) is -0.550. The minimum Gasteiger partial charge on any atom is -0.454 e. The predicted octanol–water partition coefficient (Wildman–Crippen LogP) is 4.71. The molecule has 0 saturated heterocycles. The molecule has 4 nitrogen and oxygen atoms in total. The summed E-state index contributed by atoms with van der Waals surface area (Å²) in [4.78, 5) is 12.1. The topological polar surface area (TPSA) is 47.6 Å². The Morgan fingerprint density at radius 3 is 2.59 bits per heavy atom. The quantitative estimate of drug-likeness (QED) is 0.787. The van der Waals surface area contributed by atoms with Crippen LogP contribution in [-0.4, -0.2) is 12.3 Å². The third-order valence-corrected chi connectivity index (χ3v) is 3.34. The molecule has 0 radical (unpaired) electrons. The third-order valence-electron chi connectivity index (χ3n) is 2.84. The monoisotopic (exact) mass is 373 g/mol. The third kappa shape index (κ3) is 3.01. The molecule has 0 aromatic heterocycles. The molecule has 0 fully saturated rings. The number of hydrogen-bond acceptors (Lipinski definition) is 3. The van der Waals surface area contributed by atoms with Crippen molar-refractivity contribution in [1.29, 1.82) is 0 Å². The number of carbonyl (C=O) groups is 1. The van der Waals surface area contributed by atoms with Gasteiger partial charge in [0.25, 0.3) is 5.91 Å². The minimum atomic E-state index is -4.80. The Morgan fingerprint density at radius 2 is 1.86 bits per heavy atom. The molecule has 1 aliphatic heterocycles.